The summed E-state index contributed by atoms with van der Waals surface area (Å²) in [6, 6.07) is 0. The summed E-state index contributed by atoms with van der Waals surface area (Å²) in [5.74, 6) is 0. The van der Waals surface area contributed by atoms with Gasteiger partial charge < -0.3 is 9.79 Å². The van der Waals surface area contributed by atoms with Crippen molar-refractivity contribution in [3.05, 3.63) is 0 Å². The van der Waals surface area contributed by atoms with Gasteiger partial charge in [0.1, 0.15) is 0 Å². The van der Waals surface area contributed by atoms with Gasteiger partial charge in [-0.15, -0.1) is 0 Å². The molecular formula is C5H13NNaO4P. The van der Waals surface area contributed by atoms with Gasteiger partial charge in [0.15, 0.2) is 0 Å². The van der Waals surface area contributed by atoms with Gasteiger partial charge in [-0.1, -0.05) is 6.42 Å². The molecule has 0 spiro atoms. The molecule has 1 fully saturated rings. The van der Waals surface area contributed by atoms with E-state index in [2.05, 4.69) is 4.62 Å². The average Bonchev–Trinajstić information content (AvgIpc) is 1.85. The monoisotopic (exact) mass is 205 g/mol. The fourth-order valence-electron chi connectivity index (χ4n) is 1.10. The Morgan fingerprint density at radius 2 is 1.67 bits per heavy atom. The molecule has 0 atom stereocenters. The summed E-state index contributed by atoms with van der Waals surface area (Å²) >= 11 is 0. The van der Waals surface area contributed by atoms with Crippen LogP contribution in [0, 0.1) is 0 Å². The number of phosphoric acid groups is 1. The minimum atomic E-state index is -4.31. The van der Waals surface area contributed by atoms with E-state index in [9.17, 15) is 4.57 Å². The van der Waals surface area contributed by atoms with Crippen LogP contribution in [0.2, 0.25) is 0 Å². The molecule has 0 amide bonds. The summed E-state index contributed by atoms with van der Waals surface area (Å²) in [7, 11) is -4.31. The van der Waals surface area contributed by atoms with Crippen molar-refractivity contribution in [2.75, 3.05) is 13.1 Å². The third-order valence-electron chi connectivity index (χ3n) is 1.54. The maximum atomic E-state index is 10.3. The van der Waals surface area contributed by atoms with Gasteiger partial charge in [-0.05, 0) is 12.8 Å². The Morgan fingerprint density at radius 1 is 1.17 bits per heavy atom. The van der Waals surface area contributed by atoms with Crippen molar-refractivity contribution in [3.8, 4) is 0 Å². The Balaban J connectivity index is 0.00000121. The van der Waals surface area contributed by atoms with Crippen molar-refractivity contribution in [3.63, 3.8) is 0 Å². The summed E-state index contributed by atoms with van der Waals surface area (Å²) in [5.41, 5.74) is 0. The van der Waals surface area contributed by atoms with Gasteiger partial charge in [0.25, 0.3) is 0 Å². The van der Waals surface area contributed by atoms with E-state index in [-0.39, 0.29) is 29.6 Å². The second-order valence-electron chi connectivity index (χ2n) is 2.56. The van der Waals surface area contributed by atoms with Crippen LogP contribution in [0.4, 0.5) is 0 Å². The van der Waals surface area contributed by atoms with Gasteiger partial charge in [-0.2, -0.15) is 9.69 Å². The Bertz CT molecular complexity index is 167. The molecule has 0 bridgehead atoms. The second kappa shape index (κ2) is 5.73. The van der Waals surface area contributed by atoms with Crippen LogP contribution in [0.1, 0.15) is 19.3 Å². The normalized spacial score (nSPS) is 20.2. The van der Waals surface area contributed by atoms with Crippen LogP contribution in [0.5, 0.6) is 0 Å². The Morgan fingerprint density at radius 3 is 2.08 bits per heavy atom. The van der Waals surface area contributed by atoms with E-state index < -0.39 is 7.82 Å². The molecule has 0 aromatic carbocycles. The maximum absolute atomic E-state index is 10.3. The topological polar surface area (TPSA) is 70.0 Å². The zero-order chi connectivity index (χ0) is 8.32. The van der Waals surface area contributed by atoms with Crippen LogP contribution < -0.4 is 0 Å². The summed E-state index contributed by atoms with van der Waals surface area (Å²) in [4.78, 5) is 16.8. The van der Waals surface area contributed by atoms with Gasteiger partial charge in [-0.3, -0.25) is 0 Å². The van der Waals surface area contributed by atoms with Crippen molar-refractivity contribution in [2.24, 2.45) is 0 Å². The fourth-order valence-corrected chi connectivity index (χ4v) is 1.56. The summed E-state index contributed by atoms with van der Waals surface area (Å²) in [6.45, 7) is 1.23. The molecule has 7 heteroatoms. The Kier molecular flexibility index (Phi) is 6.24. The van der Waals surface area contributed by atoms with Gasteiger partial charge >= 0.3 is 37.4 Å². The number of hydroxylamine groups is 2. The summed E-state index contributed by atoms with van der Waals surface area (Å²) in [6.07, 6.45) is 3.00. The first-order chi connectivity index (χ1) is 5.08. The van der Waals surface area contributed by atoms with Crippen LogP contribution in [0.3, 0.4) is 0 Å². The number of hydrogen-bond acceptors (Lipinski definition) is 3. The third kappa shape index (κ3) is 5.67. The zero-order valence-corrected chi connectivity index (χ0v) is 7.04. The van der Waals surface area contributed by atoms with Crippen LogP contribution >= 0.6 is 7.82 Å². The molecule has 0 aliphatic carbocycles. The number of rotatable bonds is 2. The van der Waals surface area contributed by atoms with E-state index >= 15 is 0 Å². The van der Waals surface area contributed by atoms with Crippen molar-refractivity contribution in [1.29, 1.82) is 0 Å². The molecule has 12 heavy (non-hydrogen) atoms. The fraction of sp³-hybridized carbons (Fsp3) is 1.00. The average molecular weight is 205 g/mol. The number of nitrogens with zero attached hydrogens (tertiary/aromatic N) is 1. The molecule has 1 heterocycles. The molecule has 0 aromatic rings. The van der Waals surface area contributed by atoms with E-state index in [1.165, 1.54) is 5.06 Å². The van der Waals surface area contributed by atoms with Crippen LogP contribution in [-0.4, -0.2) is 57.5 Å². The van der Waals surface area contributed by atoms with Crippen LogP contribution in [-0.2, 0) is 9.19 Å². The second-order valence-corrected chi connectivity index (χ2v) is 3.71. The number of hydrogen-bond donors (Lipinski definition) is 2. The standard InChI is InChI=1S/C5H12NO4P.Na.H/c7-11(8,9)10-6-4-2-1-3-5-6;;/h1-5H2,(H2,7,8,9);;. The first-order valence-corrected chi connectivity index (χ1v) is 5.11. The van der Waals surface area contributed by atoms with E-state index in [1.54, 1.807) is 0 Å². The SMILES string of the molecule is O=P(O)(O)ON1CCCCC1.[NaH]. The first-order valence-electron chi connectivity index (χ1n) is 3.58. The quantitative estimate of drug-likeness (QED) is 0.484. The van der Waals surface area contributed by atoms with E-state index in [4.69, 9.17) is 9.79 Å². The molecule has 0 unspecified atom stereocenters. The van der Waals surface area contributed by atoms with Gasteiger partial charge in [0.2, 0.25) is 0 Å². The van der Waals surface area contributed by atoms with Crippen molar-refractivity contribution in [1.82, 2.24) is 5.06 Å². The molecule has 1 saturated heterocycles. The van der Waals surface area contributed by atoms with Gasteiger partial charge in [-0.25, -0.2) is 4.57 Å². The Labute approximate surface area is 93.6 Å². The molecular weight excluding hydrogens is 192 g/mol. The molecule has 1 aliphatic heterocycles. The number of piperidine rings is 1. The zero-order valence-electron chi connectivity index (χ0n) is 6.14. The van der Waals surface area contributed by atoms with E-state index in [1.807, 2.05) is 0 Å². The molecule has 2 N–H and O–H groups in total. The molecule has 68 valence electrons. The molecule has 0 aromatic heterocycles. The van der Waals surface area contributed by atoms with Crippen molar-refractivity contribution in [2.45, 2.75) is 19.3 Å². The van der Waals surface area contributed by atoms with Gasteiger partial charge in [0, 0.05) is 13.1 Å². The van der Waals surface area contributed by atoms with Crippen molar-refractivity contribution < 1.29 is 19.0 Å². The van der Waals surface area contributed by atoms with Crippen molar-refractivity contribution >= 4 is 37.4 Å². The Hall–Kier alpha value is 1.07. The predicted molar refractivity (Wildman–Crippen MR) is 45.7 cm³/mol. The molecule has 1 rings (SSSR count). The molecule has 5 nitrogen and oxygen atoms in total. The van der Waals surface area contributed by atoms with Crippen LogP contribution in [0.25, 0.3) is 0 Å². The summed E-state index contributed by atoms with van der Waals surface area (Å²) in [5, 5.41) is 1.34. The van der Waals surface area contributed by atoms with Crippen LogP contribution in [0.15, 0.2) is 0 Å². The first kappa shape index (κ1) is 13.1. The molecule has 0 radical (unpaired) electrons. The molecule has 0 saturated carbocycles. The van der Waals surface area contributed by atoms with E-state index in [0.29, 0.717) is 13.1 Å². The van der Waals surface area contributed by atoms with Gasteiger partial charge in [0.05, 0.1) is 0 Å². The summed E-state index contributed by atoms with van der Waals surface area (Å²) < 4.78 is 14.7. The third-order valence-corrected chi connectivity index (χ3v) is 1.98. The minimum absolute atomic E-state index is 0. The molecule has 1 aliphatic rings. The van der Waals surface area contributed by atoms with E-state index in [0.717, 1.165) is 19.3 Å². The predicted octanol–water partition coefficient (Wildman–Crippen LogP) is -0.152.